The van der Waals surface area contributed by atoms with Crippen LogP contribution in [0.2, 0.25) is 0 Å². The molecule has 4 rings (SSSR count). The normalized spacial score (nSPS) is 17.6. The number of likely N-dealkylation sites (tertiary alicyclic amines) is 1. The highest BCUT2D eigenvalue weighted by Crippen LogP contribution is 2.33. The first kappa shape index (κ1) is 22.5. The van der Waals surface area contributed by atoms with Gasteiger partial charge in [-0.2, -0.15) is 0 Å². The summed E-state index contributed by atoms with van der Waals surface area (Å²) in [5, 5.41) is 9.87. The van der Waals surface area contributed by atoms with E-state index in [1.807, 2.05) is 36.9 Å². The number of amides is 1. The molecule has 2 aromatic rings. The summed E-state index contributed by atoms with van der Waals surface area (Å²) in [5.41, 5.74) is 3.03. The van der Waals surface area contributed by atoms with Gasteiger partial charge in [-0.15, -0.1) is 0 Å². The summed E-state index contributed by atoms with van der Waals surface area (Å²) in [6.07, 6.45) is 3.50. The Bertz CT molecular complexity index is 916. The number of anilines is 1. The van der Waals surface area contributed by atoms with E-state index in [0.29, 0.717) is 0 Å². The smallest absolute Gasteiger partial charge is 0.253 e. The third-order valence-corrected chi connectivity index (χ3v) is 6.24. The zero-order valence-electron chi connectivity index (χ0n) is 19.3. The molecule has 6 nitrogen and oxygen atoms in total. The molecule has 6 heteroatoms. The van der Waals surface area contributed by atoms with Crippen molar-refractivity contribution < 1.29 is 14.6 Å². The molecule has 0 radical (unpaired) electrons. The molecule has 172 valence electrons. The van der Waals surface area contributed by atoms with Crippen LogP contribution in [0, 0.1) is 0 Å². The second kappa shape index (κ2) is 10.3. The van der Waals surface area contributed by atoms with Gasteiger partial charge >= 0.3 is 0 Å². The molecule has 1 N–H and O–H groups in total. The predicted octanol–water partition coefficient (Wildman–Crippen LogP) is 4.13. The Morgan fingerprint density at radius 2 is 1.72 bits per heavy atom. The Labute approximate surface area is 191 Å². The van der Waals surface area contributed by atoms with Gasteiger partial charge in [-0.3, -0.25) is 9.69 Å². The number of carbonyl (C=O) groups is 1. The number of ether oxygens (including phenoxy) is 1. The third kappa shape index (κ3) is 5.54. The second-order valence-electron chi connectivity index (χ2n) is 9.14. The van der Waals surface area contributed by atoms with Crippen LogP contribution in [0.25, 0.3) is 0 Å². The number of aromatic hydroxyl groups is 1. The van der Waals surface area contributed by atoms with Gasteiger partial charge in [0.15, 0.2) is 0 Å². The number of phenolic OH excluding ortho intramolecular Hbond substituents is 1. The maximum atomic E-state index is 12.9. The molecule has 0 aliphatic carbocycles. The van der Waals surface area contributed by atoms with Gasteiger partial charge in [0.25, 0.3) is 5.91 Å². The Morgan fingerprint density at radius 1 is 0.969 bits per heavy atom. The summed E-state index contributed by atoms with van der Waals surface area (Å²) in [5.74, 6) is 1.13. The fourth-order valence-electron chi connectivity index (χ4n) is 4.60. The van der Waals surface area contributed by atoms with Crippen molar-refractivity contribution in [1.29, 1.82) is 0 Å². The molecule has 1 amide bonds. The lowest BCUT2D eigenvalue weighted by Crippen LogP contribution is -2.46. The Morgan fingerprint density at radius 3 is 2.44 bits per heavy atom. The van der Waals surface area contributed by atoms with Crippen molar-refractivity contribution >= 4 is 11.6 Å². The maximum absolute atomic E-state index is 12.9. The van der Waals surface area contributed by atoms with E-state index in [-0.39, 0.29) is 17.8 Å². The molecule has 0 bridgehead atoms. The topological polar surface area (TPSA) is 56.3 Å². The van der Waals surface area contributed by atoms with E-state index in [1.165, 1.54) is 12.0 Å². The molecule has 32 heavy (non-hydrogen) atoms. The van der Waals surface area contributed by atoms with Crippen LogP contribution < -0.4 is 9.64 Å². The number of rotatable bonds is 6. The lowest BCUT2D eigenvalue weighted by molar-refractivity contribution is 0.0724. The summed E-state index contributed by atoms with van der Waals surface area (Å²) >= 11 is 0. The number of phenols is 1. The van der Waals surface area contributed by atoms with Crippen molar-refractivity contribution in [3.63, 3.8) is 0 Å². The fourth-order valence-corrected chi connectivity index (χ4v) is 4.60. The van der Waals surface area contributed by atoms with Gasteiger partial charge in [-0.1, -0.05) is 12.1 Å². The Balaban J connectivity index is 1.36. The number of nitrogens with zero attached hydrogens (tertiary/aromatic N) is 3. The number of hydrogen-bond donors (Lipinski definition) is 1. The molecule has 2 aliphatic heterocycles. The van der Waals surface area contributed by atoms with Gasteiger partial charge in [0.05, 0.1) is 11.8 Å². The van der Waals surface area contributed by atoms with Gasteiger partial charge in [-0.25, -0.2) is 0 Å². The molecular formula is C26H35N3O3. The molecule has 0 atom stereocenters. The average molecular weight is 438 g/mol. The predicted molar refractivity (Wildman–Crippen MR) is 128 cm³/mol. The van der Waals surface area contributed by atoms with Crippen molar-refractivity contribution in [2.24, 2.45) is 0 Å². The molecule has 2 saturated heterocycles. The number of hydrogen-bond acceptors (Lipinski definition) is 5. The minimum absolute atomic E-state index is 0.0526. The standard InChI is InChI=1S/C26H35N3O3/c1-20(2)32-25-18-23(30)9-10-24(25)28-15-13-27(14-16-28)19-21-7-6-8-22(17-21)26(31)29-11-4-3-5-12-29/h6-10,17-18,20,30H,3-5,11-16,19H2,1-2H3. The van der Waals surface area contributed by atoms with Crippen LogP contribution in [0.3, 0.4) is 0 Å². The van der Waals surface area contributed by atoms with Gasteiger partial charge in [0.1, 0.15) is 11.5 Å². The SMILES string of the molecule is CC(C)Oc1cc(O)ccc1N1CCN(Cc2cccc(C(=O)N3CCCCC3)c2)CC1. The second-order valence-corrected chi connectivity index (χ2v) is 9.14. The molecule has 2 fully saturated rings. The van der Waals surface area contributed by atoms with E-state index in [0.717, 1.165) is 75.7 Å². The molecular weight excluding hydrogens is 402 g/mol. The van der Waals surface area contributed by atoms with Crippen molar-refractivity contribution in [3.8, 4) is 11.5 Å². The molecule has 2 aliphatic rings. The van der Waals surface area contributed by atoms with Gasteiger partial charge < -0.3 is 19.6 Å². The lowest BCUT2D eigenvalue weighted by Gasteiger charge is -2.37. The number of piperidine rings is 1. The van der Waals surface area contributed by atoms with E-state index in [9.17, 15) is 9.90 Å². The van der Waals surface area contributed by atoms with Crippen LogP contribution in [0.5, 0.6) is 11.5 Å². The first-order chi connectivity index (χ1) is 15.5. The van der Waals surface area contributed by atoms with Gasteiger partial charge in [-0.05, 0) is 62.9 Å². The van der Waals surface area contributed by atoms with E-state index >= 15 is 0 Å². The monoisotopic (exact) mass is 437 g/mol. The van der Waals surface area contributed by atoms with E-state index in [1.54, 1.807) is 12.1 Å². The van der Waals surface area contributed by atoms with Crippen LogP contribution in [0.4, 0.5) is 5.69 Å². The molecule has 0 spiro atoms. The first-order valence-electron chi connectivity index (χ1n) is 11.8. The van der Waals surface area contributed by atoms with Crippen molar-refractivity contribution in [2.45, 2.75) is 45.8 Å². The molecule has 2 aromatic carbocycles. The minimum atomic E-state index is 0.0526. The summed E-state index contributed by atoms with van der Waals surface area (Å²) < 4.78 is 5.94. The van der Waals surface area contributed by atoms with Crippen molar-refractivity contribution in [1.82, 2.24) is 9.80 Å². The highest BCUT2D eigenvalue weighted by molar-refractivity contribution is 5.94. The minimum Gasteiger partial charge on any atom is -0.508 e. The maximum Gasteiger partial charge on any atom is 0.253 e. The lowest BCUT2D eigenvalue weighted by atomic mass is 10.1. The van der Waals surface area contributed by atoms with Crippen LogP contribution >= 0.6 is 0 Å². The average Bonchev–Trinajstić information content (AvgIpc) is 2.80. The third-order valence-electron chi connectivity index (χ3n) is 6.24. The molecule has 0 saturated carbocycles. The zero-order valence-corrected chi connectivity index (χ0v) is 19.3. The highest BCUT2D eigenvalue weighted by Gasteiger charge is 2.22. The Hall–Kier alpha value is -2.73. The number of piperazine rings is 1. The van der Waals surface area contributed by atoms with E-state index < -0.39 is 0 Å². The summed E-state index contributed by atoms with van der Waals surface area (Å²) in [7, 11) is 0. The largest absolute Gasteiger partial charge is 0.508 e. The summed E-state index contributed by atoms with van der Waals surface area (Å²) in [4.78, 5) is 19.6. The number of carbonyl (C=O) groups excluding carboxylic acids is 1. The first-order valence-corrected chi connectivity index (χ1v) is 11.8. The number of benzene rings is 2. The van der Waals surface area contributed by atoms with Crippen molar-refractivity contribution in [2.75, 3.05) is 44.2 Å². The molecule has 0 unspecified atom stereocenters. The molecule has 0 aromatic heterocycles. The van der Waals surface area contributed by atoms with Crippen LogP contribution in [0.1, 0.15) is 49.0 Å². The van der Waals surface area contributed by atoms with Gasteiger partial charge in [0.2, 0.25) is 0 Å². The van der Waals surface area contributed by atoms with E-state index in [4.69, 9.17) is 4.74 Å². The van der Waals surface area contributed by atoms with Gasteiger partial charge in [0, 0.05) is 57.4 Å². The van der Waals surface area contributed by atoms with Crippen LogP contribution in [-0.4, -0.2) is 66.2 Å². The van der Waals surface area contributed by atoms with E-state index in [2.05, 4.69) is 21.9 Å². The summed E-state index contributed by atoms with van der Waals surface area (Å²) in [6.45, 7) is 10.3. The molecule has 2 heterocycles. The Kier molecular flexibility index (Phi) is 7.20. The fraction of sp³-hybridized carbons (Fsp3) is 0.500. The van der Waals surface area contributed by atoms with Crippen molar-refractivity contribution in [3.05, 3.63) is 53.6 Å². The summed E-state index contributed by atoms with van der Waals surface area (Å²) in [6, 6.07) is 13.5. The highest BCUT2D eigenvalue weighted by atomic mass is 16.5. The zero-order chi connectivity index (χ0) is 22.5. The quantitative estimate of drug-likeness (QED) is 0.737. The van der Waals surface area contributed by atoms with Crippen LogP contribution in [0.15, 0.2) is 42.5 Å². The van der Waals surface area contributed by atoms with Crippen LogP contribution in [-0.2, 0) is 6.54 Å².